The lowest BCUT2D eigenvalue weighted by Gasteiger charge is -2.14. The van der Waals surface area contributed by atoms with E-state index in [9.17, 15) is 32.9 Å². The fraction of sp³-hybridized carbons (Fsp3) is 0.0667. The average Bonchev–Trinajstić information content (AvgIpc) is 3.11. The van der Waals surface area contributed by atoms with Gasteiger partial charge in [0, 0.05) is 23.8 Å². The number of hydrogen-bond donors (Lipinski definition) is 2. The van der Waals surface area contributed by atoms with Crippen molar-refractivity contribution in [3.05, 3.63) is 74.1 Å². The van der Waals surface area contributed by atoms with Gasteiger partial charge in [-0.3, -0.25) is 30.6 Å². The standard InChI is InChI=1S/C15H10F3N3O4S/c16-15(17,18)13(8-11(22)12-5-2-6-26-12)19-20-14(23)9-3-1-4-10(7-9)21(24)25/h1-8,19H,(H,20,23)/b13-8+. The highest BCUT2D eigenvalue weighted by atomic mass is 32.1. The molecule has 26 heavy (non-hydrogen) atoms. The van der Waals surface area contributed by atoms with E-state index in [1.807, 2.05) is 0 Å². The lowest BCUT2D eigenvalue weighted by molar-refractivity contribution is -0.384. The number of nitrogens with zero attached hydrogens (tertiary/aromatic N) is 1. The van der Waals surface area contributed by atoms with E-state index >= 15 is 0 Å². The van der Waals surface area contributed by atoms with Crippen molar-refractivity contribution in [3.63, 3.8) is 0 Å². The number of nitro groups is 1. The number of benzene rings is 1. The number of allylic oxidation sites excluding steroid dienone is 2. The third-order valence-corrected chi connectivity index (χ3v) is 3.86. The van der Waals surface area contributed by atoms with Crippen LogP contribution in [0.1, 0.15) is 20.0 Å². The van der Waals surface area contributed by atoms with E-state index in [-0.39, 0.29) is 10.4 Å². The number of carbonyl (C=O) groups excluding carboxylic acids is 2. The Kier molecular flexibility index (Phi) is 5.72. The van der Waals surface area contributed by atoms with Gasteiger partial charge in [0.05, 0.1) is 9.80 Å². The zero-order valence-electron chi connectivity index (χ0n) is 12.7. The second-order valence-corrected chi connectivity index (χ2v) is 5.73. The van der Waals surface area contributed by atoms with E-state index in [1.165, 1.54) is 29.6 Å². The fourth-order valence-corrected chi connectivity index (χ4v) is 2.40. The van der Waals surface area contributed by atoms with Crippen LogP contribution in [0.4, 0.5) is 18.9 Å². The molecule has 0 atom stereocenters. The first-order valence-electron chi connectivity index (χ1n) is 6.86. The molecule has 2 N–H and O–H groups in total. The molecular formula is C15H10F3N3O4S. The number of nitrogens with one attached hydrogen (secondary N) is 2. The van der Waals surface area contributed by atoms with Crippen molar-refractivity contribution in [1.29, 1.82) is 0 Å². The Labute approximate surface area is 148 Å². The molecule has 1 amide bonds. The molecule has 0 aliphatic carbocycles. The molecular weight excluding hydrogens is 375 g/mol. The molecule has 0 saturated carbocycles. The lowest BCUT2D eigenvalue weighted by Crippen LogP contribution is -2.41. The number of nitro benzene ring substituents is 1. The van der Waals surface area contributed by atoms with Gasteiger partial charge in [-0.05, 0) is 17.5 Å². The van der Waals surface area contributed by atoms with Crippen LogP contribution in [0.25, 0.3) is 0 Å². The normalized spacial score (nSPS) is 11.7. The number of halogens is 3. The monoisotopic (exact) mass is 385 g/mol. The van der Waals surface area contributed by atoms with Crippen LogP contribution in [0.2, 0.25) is 0 Å². The average molecular weight is 385 g/mol. The molecule has 1 heterocycles. The number of carbonyl (C=O) groups is 2. The van der Waals surface area contributed by atoms with Crippen molar-refractivity contribution in [2.45, 2.75) is 6.18 Å². The summed E-state index contributed by atoms with van der Waals surface area (Å²) < 4.78 is 39.1. The zero-order chi connectivity index (χ0) is 19.3. The molecule has 0 spiro atoms. The molecule has 0 unspecified atom stereocenters. The van der Waals surface area contributed by atoms with Gasteiger partial charge in [0.1, 0.15) is 5.70 Å². The minimum absolute atomic E-state index is 0.0959. The molecule has 2 rings (SSSR count). The Hall–Kier alpha value is -3.21. The summed E-state index contributed by atoms with van der Waals surface area (Å²) in [4.78, 5) is 33.7. The number of rotatable bonds is 6. The molecule has 0 aliphatic heterocycles. The third-order valence-electron chi connectivity index (χ3n) is 2.97. The molecule has 0 aliphatic rings. The Morgan fingerprint density at radius 2 is 1.88 bits per heavy atom. The SMILES string of the molecule is O=C(NN/C(=C/C(=O)c1cccs1)C(F)(F)F)c1cccc([N+](=O)[O-])c1. The smallest absolute Gasteiger partial charge is 0.294 e. The topological polar surface area (TPSA) is 101 Å². The molecule has 136 valence electrons. The van der Waals surface area contributed by atoms with Crippen LogP contribution in [0.3, 0.4) is 0 Å². The Morgan fingerprint density at radius 1 is 1.15 bits per heavy atom. The highest BCUT2D eigenvalue weighted by Gasteiger charge is 2.35. The highest BCUT2D eigenvalue weighted by Crippen LogP contribution is 2.24. The quantitative estimate of drug-likeness (QED) is 0.344. The summed E-state index contributed by atoms with van der Waals surface area (Å²) >= 11 is 0.969. The molecule has 0 saturated heterocycles. The Balaban J connectivity index is 2.15. The largest absolute Gasteiger partial charge is 0.432 e. The maximum absolute atomic E-state index is 13.0. The van der Waals surface area contributed by atoms with Gasteiger partial charge in [-0.25, -0.2) is 0 Å². The van der Waals surface area contributed by atoms with E-state index in [0.717, 1.165) is 23.5 Å². The number of ketones is 1. The van der Waals surface area contributed by atoms with Crippen LogP contribution in [0.15, 0.2) is 53.6 Å². The molecule has 1 aromatic carbocycles. The predicted octanol–water partition coefficient (Wildman–Crippen LogP) is 3.22. The van der Waals surface area contributed by atoms with Crippen molar-refractivity contribution in [3.8, 4) is 0 Å². The first kappa shape index (κ1) is 19.1. The number of hydrogen-bond acceptors (Lipinski definition) is 6. The van der Waals surface area contributed by atoms with E-state index in [4.69, 9.17) is 0 Å². The highest BCUT2D eigenvalue weighted by molar-refractivity contribution is 7.12. The maximum atomic E-state index is 13.0. The number of thiophene rings is 1. The van der Waals surface area contributed by atoms with Crippen molar-refractivity contribution >= 4 is 28.7 Å². The molecule has 11 heteroatoms. The molecule has 0 radical (unpaired) electrons. The first-order chi connectivity index (χ1) is 12.2. The summed E-state index contributed by atoms with van der Waals surface area (Å²) in [6, 6.07) is 7.32. The van der Waals surface area contributed by atoms with Gasteiger partial charge >= 0.3 is 6.18 Å². The molecule has 0 bridgehead atoms. The summed E-state index contributed by atoms with van der Waals surface area (Å²) in [6.45, 7) is 0. The summed E-state index contributed by atoms with van der Waals surface area (Å²) in [7, 11) is 0. The van der Waals surface area contributed by atoms with Crippen LogP contribution >= 0.6 is 11.3 Å². The number of hydrazine groups is 1. The van der Waals surface area contributed by atoms with Gasteiger partial charge in [0.15, 0.2) is 5.78 Å². The van der Waals surface area contributed by atoms with E-state index in [1.54, 1.807) is 10.9 Å². The van der Waals surface area contributed by atoms with Gasteiger partial charge in [0.2, 0.25) is 0 Å². The zero-order valence-corrected chi connectivity index (χ0v) is 13.6. The molecule has 0 fully saturated rings. The van der Waals surface area contributed by atoms with Crippen LogP contribution in [-0.2, 0) is 0 Å². The van der Waals surface area contributed by atoms with Crippen LogP contribution in [-0.4, -0.2) is 22.8 Å². The van der Waals surface area contributed by atoms with Gasteiger partial charge < -0.3 is 0 Å². The number of amides is 1. The van der Waals surface area contributed by atoms with Gasteiger partial charge in [-0.15, -0.1) is 11.3 Å². The first-order valence-corrected chi connectivity index (χ1v) is 7.74. The van der Waals surface area contributed by atoms with Crippen molar-refractivity contribution in [2.75, 3.05) is 0 Å². The van der Waals surface area contributed by atoms with E-state index in [0.29, 0.717) is 6.08 Å². The van der Waals surface area contributed by atoms with Crippen molar-refractivity contribution in [1.82, 2.24) is 10.9 Å². The number of alkyl halides is 3. The second kappa shape index (κ2) is 7.78. The van der Waals surface area contributed by atoms with E-state index < -0.39 is 34.2 Å². The van der Waals surface area contributed by atoms with E-state index in [2.05, 4.69) is 0 Å². The van der Waals surface area contributed by atoms with Gasteiger partial charge in [-0.2, -0.15) is 13.2 Å². The second-order valence-electron chi connectivity index (χ2n) is 4.78. The molecule has 2 aromatic rings. The molecule has 7 nitrogen and oxygen atoms in total. The van der Waals surface area contributed by atoms with Crippen molar-refractivity contribution < 1.29 is 27.7 Å². The Morgan fingerprint density at radius 3 is 2.46 bits per heavy atom. The summed E-state index contributed by atoms with van der Waals surface area (Å²) in [5, 5.41) is 12.2. The minimum atomic E-state index is -4.93. The molecule has 1 aromatic heterocycles. The van der Waals surface area contributed by atoms with Gasteiger partial charge in [0.25, 0.3) is 11.6 Å². The van der Waals surface area contributed by atoms with Crippen LogP contribution in [0, 0.1) is 10.1 Å². The fourth-order valence-electron chi connectivity index (χ4n) is 1.77. The maximum Gasteiger partial charge on any atom is 0.432 e. The van der Waals surface area contributed by atoms with Crippen LogP contribution < -0.4 is 10.9 Å². The van der Waals surface area contributed by atoms with Crippen molar-refractivity contribution in [2.24, 2.45) is 0 Å². The third kappa shape index (κ3) is 4.89. The summed E-state index contributed by atoms with van der Waals surface area (Å²) in [5.74, 6) is -1.92. The summed E-state index contributed by atoms with van der Waals surface area (Å²) in [6.07, 6.45) is -4.61. The minimum Gasteiger partial charge on any atom is -0.294 e. The predicted molar refractivity (Wildman–Crippen MR) is 86.5 cm³/mol. The lowest BCUT2D eigenvalue weighted by atomic mass is 10.2. The number of non-ortho nitro benzene ring substituents is 1. The van der Waals surface area contributed by atoms with Gasteiger partial charge in [-0.1, -0.05) is 12.1 Å². The Bertz CT molecular complexity index is 863. The van der Waals surface area contributed by atoms with Crippen LogP contribution in [0.5, 0.6) is 0 Å². The summed E-state index contributed by atoms with van der Waals surface area (Å²) in [5.41, 5.74) is 1.33.